The minimum atomic E-state index is -0.211. The number of hydrogen-bond acceptors (Lipinski definition) is 3. The monoisotopic (exact) mass is 297 g/mol. The number of nitrogens with one attached hydrogen (secondary N) is 1. The fourth-order valence-corrected chi connectivity index (χ4v) is 2.03. The van der Waals surface area contributed by atoms with Crippen molar-refractivity contribution < 1.29 is 14.3 Å². The summed E-state index contributed by atoms with van der Waals surface area (Å²) in [6.07, 6.45) is 3.22. The summed E-state index contributed by atoms with van der Waals surface area (Å²) >= 11 is 0. The van der Waals surface area contributed by atoms with Crippen LogP contribution in [0.1, 0.15) is 11.1 Å². The van der Waals surface area contributed by atoms with Crippen LogP contribution in [0.25, 0.3) is 6.08 Å². The Hall–Kier alpha value is -2.75. The second kappa shape index (κ2) is 7.31. The summed E-state index contributed by atoms with van der Waals surface area (Å²) in [5.74, 6) is 1.22. The number of methoxy groups -OCH3 is 2. The molecule has 0 saturated heterocycles. The van der Waals surface area contributed by atoms with Gasteiger partial charge in [-0.2, -0.15) is 0 Å². The maximum absolute atomic E-state index is 12.0. The van der Waals surface area contributed by atoms with Gasteiger partial charge in [0, 0.05) is 23.4 Å². The fraction of sp³-hybridized carbons (Fsp3) is 0.167. The lowest BCUT2D eigenvalue weighted by atomic mass is 10.1. The molecule has 0 saturated carbocycles. The SMILES string of the molecule is COc1cccc(NC(=O)/C=C/c2cc(C)ccc2OC)c1. The van der Waals surface area contributed by atoms with Gasteiger partial charge in [-0.3, -0.25) is 4.79 Å². The predicted molar refractivity (Wildman–Crippen MR) is 88.4 cm³/mol. The Kier molecular flexibility index (Phi) is 5.20. The lowest BCUT2D eigenvalue weighted by Crippen LogP contribution is -2.07. The topological polar surface area (TPSA) is 47.6 Å². The molecule has 0 atom stereocenters. The van der Waals surface area contributed by atoms with Gasteiger partial charge in [0.05, 0.1) is 14.2 Å². The summed E-state index contributed by atoms with van der Waals surface area (Å²) < 4.78 is 10.4. The van der Waals surface area contributed by atoms with Crippen LogP contribution in [0, 0.1) is 6.92 Å². The van der Waals surface area contributed by atoms with E-state index in [4.69, 9.17) is 9.47 Å². The Morgan fingerprint density at radius 3 is 2.64 bits per heavy atom. The molecule has 2 rings (SSSR count). The normalized spacial score (nSPS) is 10.5. The molecule has 114 valence electrons. The first kappa shape index (κ1) is 15.6. The summed E-state index contributed by atoms with van der Waals surface area (Å²) in [4.78, 5) is 12.0. The van der Waals surface area contributed by atoms with Crippen molar-refractivity contribution in [1.82, 2.24) is 0 Å². The smallest absolute Gasteiger partial charge is 0.248 e. The first-order valence-electron chi connectivity index (χ1n) is 6.90. The molecular weight excluding hydrogens is 278 g/mol. The average molecular weight is 297 g/mol. The van der Waals surface area contributed by atoms with E-state index < -0.39 is 0 Å². The van der Waals surface area contributed by atoms with Gasteiger partial charge < -0.3 is 14.8 Å². The van der Waals surface area contributed by atoms with Crippen molar-refractivity contribution in [3.63, 3.8) is 0 Å². The zero-order chi connectivity index (χ0) is 15.9. The van der Waals surface area contributed by atoms with Gasteiger partial charge in [0.2, 0.25) is 5.91 Å². The minimum absolute atomic E-state index is 0.211. The largest absolute Gasteiger partial charge is 0.497 e. The Labute approximate surface area is 130 Å². The maximum Gasteiger partial charge on any atom is 0.248 e. The van der Waals surface area contributed by atoms with Crippen LogP contribution >= 0.6 is 0 Å². The van der Waals surface area contributed by atoms with Crippen LogP contribution in [0.15, 0.2) is 48.5 Å². The van der Waals surface area contributed by atoms with Crippen LogP contribution in [0.3, 0.4) is 0 Å². The quantitative estimate of drug-likeness (QED) is 0.857. The molecule has 0 unspecified atom stereocenters. The van der Waals surface area contributed by atoms with Crippen molar-refractivity contribution in [3.8, 4) is 11.5 Å². The van der Waals surface area contributed by atoms with Crippen molar-refractivity contribution in [2.45, 2.75) is 6.92 Å². The summed E-state index contributed by atoms with van der Waals surface area (Å²) in [5, 5.41) is 2.79. The van der Waals surface area contributed by atoms with E-state index in [1.54, 1.807) is 26.4 Å². The predicted octanol–water partition coefficient (Wildman–Crippen LogP) is 3.66. The van der Waals surface area contributed by atoms with E-state index in [-0.39, 0.29) is 5.91 Å². The number of amides is 1. The highest BCUT2D eigenvalue weighted by Crippen LogP contribution is 2.21. The number of aryl methyl sites for hydroxylation is 1. The van der Waals surface area contributed by atoms with Crippen molar-refractivity contribution in [2.75, 3.05) is 19.5 Å². The fourth-order valence-electron chi connectivity index (χ4n) is 2.03. The average Bonchev–Trinajstić information content (AvgIpc) is 2.53. The number of benzene rings is 2. The Morgan fingerprint density at radius 2 is 1.91 bits per heavy atom. The molecule has 0 aliphatic carbocycles. The molecule has 0 bridgehead atoms. The van der Waals surface area contributed by atoms with E-state index in [0.29, 0.717) is 11.4 Å². The standard InChI is InChI=1S/C18H19NO3/c1-13-7-9-17(22-3)14(11-13)8-10-18(20)19-15-5-4-6-16(12-15)21-2/h4-12H,1-3H3,(H,19,20)/b10-8+. The van der Waals surface area contributed by atoms with E-state index in [1.807, 2.05) is 43.3 Å². The number of carbonyl (C=O) groups is 1. The molecule has 0 spiro atoms. The van der Waals surface area contributed by atoms with Gasteiger partial charge in [0.1, 0.15) is 11.5 Å². The van der Waals surface area contributed by atoms with Crippen LogP contribution in [0.4, 0.5) is 5.69 Å². The van der Waals surface area contributed by atoms with Gasteiger partial charge in [-0.15, -0.1) is 0 Å². The molecule has 0 radical (unpaired) electrons. The Balaban J connectivity index is 2.09. The number of rotatable bonds is 5. The highest BCUT2D eigenvalue weighted by atomic mass is 16.5. The van der Waals surface area contributed by atoms with Gasteiger partial charge in [0.15, 0.2) is 0 Å². The van der Waals surface area contributed by atoms with E-state index in [1.165, 1.54) is 6.08 Å². The van der Waals surface area contributed by atoms with Crippen molar-refractivity contribution >= 4 is 17.7 Å². The van der Waals surface area contributed by atoms with E-state index >= 15 is 0 Å². The molecule has 0 heterocycles. The van der Waals surface area contributed by atoms with Gasteiger partial charge in [-0.25, -0.2) is 0 Å². The molecule has 1 N–H and O–H groups in total. The molecule has 2 aromatic carbocycles. The molecule has 22 heavy (non-hydrogen) atoms. The van der Waals surface area contributed by atoms with Crippen molar-refractivity contribution in [2.24, 2.45) is 0 Å². The first-order valence-corrected chi connectivity index (χ1v) is 6.90. The molecular formula is C18H19NO3. The summed E-state index contributed by atoms with van der Waals surface area (Å²) in [5.41, 5.74) is 2.65. The van der Waals surface area contributed by atoms with Crippen LogP contribution in [-0.2, 0) is 4.79 Å². The van der Waals surface area contributed by atoms with Crippen molar-refractivity contribution in [3.05, 3.63) is 59.7 Å². The van der Waals surface area contributed by atoms with E-state index in [0.717, 1.165) is 16.9 Å². The molecule has 0 fully saturated rings. The van der Waals surface area contributed by atoms with Crippen LogP contribution < -0.4 is 14.8 Å². The highest BCUT2D eigenvalue weighted by Gasteiger charge is 2.02. The Bertz CT molecular complexity index is 692. The maximum atomic E-state index is 12.0. The third-order valence-electron chi connectivity index (χ3n) is 3.14. The second-order valence-electron chi connectivity index (χ2n) is 4.80. The summed E-state index contributed by atoms with van der Waals surface area (Å²) in [6.45, 7) is 1.99. The lowest BCUT2D eigenvalue weighted by Gasteiger charge is -2.06. The molecule has 0 aliphatic rings. The highest BCUT2D eigenvalue weighted by molar-refractivity contribution is 6.02. The molecule has 4 heteroatoms. The molecule has 1 amide bonds. The number of hydrogen-bond donors (Lipinski definition) is 1. The second-order valence-corrected chi connectivity index (χ2v) is 4.80. The summed E-state index contributed by atoms with van der Waals surface area (Å²) in [6, 6.07) is 13.0. The third kappa shape index (κ3) is 4.12. The van der Waals surface area contributed by atoms with Crippen LogP contribution in [0.5, 0.6) is 11.5 Å². The zero-order valence-corrected chi connectivity index (χ0v) is 12.9. The van der Waals surface area contributed by atoms with Crippen LogP contribution in [-0.4, -0.2) is 20.1 Å². The van der Waals surface area contributed by atoms with Gasteiger partial charge >= 0.3 is 0 Å². The van der Waals surface area contributed by atoms with Crippen molar-refractivity contribution in [1.29, 1.82) is 0 Å². The van der Waals surface area contributed by atoms with E-state index in [9.17, 15) is 4.79 Å². The molecule has 0 aromatic heterocycles. The minimum Gasteiger partial charge on any atom is -0.497 e. The molecule has 2 aromatic rings. The lowest BCUT2D eigenvalue weighted by molar-refractivity contribution is -0.111. The van der Waals surface area contributed by atoms with Gasteiger partial charge in [0.25, 0.3) is 0 Å². The summed E-state index contributed by atoms with van der Waals surface area (Å²) in [7, 11) is 3.20. The van der Waals surface area contributed by atoms with Gasteiger partial charge in [-0.1, -0.05) is 17.7 Å². The number of carbonyl (C=O) groups excluding carboxylic acids is 1. The number of ether oxygens (including phenoxy) is 2. The van der Waals surface area contributed by atoms with Crippen LogP contribution in [0.2, 0.25) is 0 Å². The Morgan fingerprint density at radius 1 is 1.09 bits per heavy atom. The zero-order valence-electron chi connectivity index (χ0n) is 12.9. The molecule has 4 nitrogen and oxygen atoms in total. The third-order valence-corrected chi connectivity index (χ3v) is 3.14. The number of anilines is 1. The molecule has 0 aliphatic heterocycles. The first-order chi connectivity index (χ1) is 10.6. The van der Waals surface area contributed by atoms with Gasteiger partial charge in [-0.05, 0) is 37.3 Å². The van der Waals surface area contributed by atoms with E-state index in [2.05, 4.69) is 5.32 Å².